The van der Waals surface area contributed by atoms with E-state index < -0.39 is 0 Å². The molecule has 1 aromatic carbocycles. The third-order valence-electron chi connectivity index (χ3n) is 5.45. The van der Waals surface area contributed by atoms with E-state index >= 15 is 0 Å². The van der Waals surface area contributed by atoms with Crippen molar-refractivity contribution in [3.8, 4) is 22.8 Å². The minimum atomic E-state index is 0.0299. The predicted molar refractivity (Wildman–Crippen MR) is 116 cm³/mol. The Morgan fingerprint density at radius 2 is 1.87 bits per heavy atom. The van der Waals surface area contributed by atoms with E-state index in [9.17, 15) is 4.79 Å². The number of hydrogen-bond donors (Lipinski definition) is 0. The number of nitrogens with zero attached hydrogens (tertiary/aromatic N) is 6. The van der Waals surface area contributed by atoms with Crippen LogP contribution in [0, 0.1) is 0 Å². The minimum Gasteiger partial charge on any atom is -0.454 e. The highest BCUT2D eigenvalue weighted by Gasteiger charge is 2.26. The van der Waals surface area contributed by atoms with Gasteiger partial charge in [0.15, 0.2) is 17.3 Å². The molecule has 1 saturated heterocycles. The number of aromatic nitrogens is 4. The van der Waals surface area contributed by atoms with E-state index in [2.05, 4.69) is 31.6 Å². The molecule has 31 heavy (non-hydrogen) atoms. The van der Waals surface area contributed by atoms with Crippen molar-refractivity contribution in [1.29, 1.82) is 0 Å². The van der Waals surface area contributed by atoms with E-state index in [0.29, 0.717) is 31.1 Å². The van der Waals surface area contributed by atoms with Gasteiger partial charge in [0.2, 0.25) is 6.79 Å². The summed E-state index contributed by atoms with van der Waals surface area (Å²) in [6.45, 7) is 5.00. The quantitative estimate of drug-likeness (QED) is 0.600. The van der Waals surface area contributed by atoms with Crippen LogP contribution in [0.3, 0.4) is 0 Å². The van der Waals surface area contributed by atoms with Crippen LogP contribution in [0.25, 0.3) is 11.3 Å². The van der Waals surface area contributed by atoms with Gasteiger partial charge < -0.3 is 19.3 Å². The summed E-state index contributed by atoms with van der Waals surface area (Å²) in [6, 6.07) is 9.67. The fourth-order valence-corrected chi connectivity index (χ4v) is 4.43. The molecule has 2 aromatic heterocycles. The molecular formula is C21H22N6O3S. The van der Waals surface area contributed by atoms with Gasteiger partial charge in [-0.1, -0.05) is 17.8 Å². The highest BCUT2D eigenvalue weighted by atomic mass is 32.1. The molecule has 0 radical (unpaired) electrons. The summed E-state index contributed by atoms with van der Waals surface area (Å²) in [5.74, 6) is 2.31. The second-order valence-electron chi connectivity index (χ2n) is 7.42. The number of aryl methyl sites for hydroxylation is 1. The van der Waals surface area contributed by atoms with Gasteiger partial charge in [-0.2, -0.15) is 0 Å². The zero-order valence-electron chi connectivity index (χ0n) is 17.2. The Bertz CT molecular complexity index is 1080. The number of fused-ring (bicyclic) bond motifs is 1. The highest BCUT2D eigenvalue weighted by Crippen LogP contribution is 2.35. The van der Waals surface area contributed by atoms with Crippen molar-refractivity contribution >= 4 is 23.3 Å². The number of benzene rings is 1. The van der Waals surface area contributed by atoms with Crippen molar-refractivity contribution in [1.82, 2.24) is 24.7 Å². The van der Waals surface area contributed by atoms with Crippen molar-refractivity contribution in [2.75, 3.05) is 37.9 Å². The largest absolute Gasteiger partial charge is 0.454 e. The number of anilines is 1. The van der Waals surface area contributed by atoms with Crippen molar-refractivity contribution in [2.45, 2.75) is 19.8 Å². The van der Waals surface area contributed by atoms with Crippen molar-refractivity contribution in [2.24, 2.45) is 0 Å². The number of ether oxygens (including phenoxy) is 2. The summed E-state index contributed by atoms with van der Waals surface area (Å²) in [4.78, 5) is 17.6. The van der Waals surface area contributed by atoms with Crippen LogP contribution in [0.5, 0.6) is 11.5 Å². The van der Waals surface area contributed by atoms with Crippen LogP contribution >= 0.6 is 11.5 Å². The van der Waals surface area contributed by atoms with E-state index in [1.807, 2.05) is 35.2 Å². The first-order valence-electron chi connectivity index (χ1n) is 10.3. The fraction of sp³-hybridized carbons (Fsp3) is 0.381. The summed E-state index contributed by atoms with van der Waals surface area (Å²) in [7, 11) is 0. The molecule has 0 unspecified atom stereocenters. The normalized spacial score (nSPS) is 15.4. The molecule has 0 atom stereocenters. The first kappa shape index (κ1) is 19.7. The molecule has 1 fully saturated rings. The Hall–Kier alpha value is -3.27. The third kappa shape index (κ3) is 3.90. The Balaban J connectivity index is 1.23. The maximum Gasteiger partial charge on any atom is 0.267 e. The smallest absolute Gasteiger partial charge is 0.267 e. The van der Waals surface area contributed by atoms with E-state index in [0.717, 1.165) is 47.1 Å². The Labute approximate surface area is 183 Å². The molecule has 160 valence electrons. The zero-order valence-corrected chi connectivity index (χ0v) is 18.0. The first-order valence-corrected chi connectivity index (χ1v) is 11.1. The maximum atomic E-state index is 12.9. The number of carbonyl (C=O) groups is 1. The molecule has 4 heterocycles. The number of piperazine rings is 1. The molecule has 0 N–H and O–H groups in total. The molecule has 0 spiro atoms. The molecule has 10 heteroatoms. The fourth-order valence-electron chi connectivity index (χ4n) is 3.76. The molecular weight excluding hydrogens is 416 g/mol. The van der Waals surface area contributed by atoms with Crippen molar-refractivity contribution in [3.63, 3.8) is 0 Å². The van der Waals surface area contributed by atoms with E-state index in [1.54, 1.807) is 0 Å². The maximum absolute atomic E-state index is 12.9. The number of carbonyl (C=O) groups excluding carboxylic acids is 1. The van der Waals surface area contributed by atoms with Gasteiger partial charge in [-0.15, -0.1) is 15.3 Å². The minimum absolute atomic E-state index is 0.0299. The van der Waals surface area contributed by atoms with Gasteiger partial charge in [0, 0.05) is 31.7 Å². The first-order chi connectivity index (χ1) is 15.2. The molecule has 2 aliphatic rings. The summed E-state index contributed by atoms with van der Waals surface area (Å²) < 4.78 is 14.8. The topological polar surface area (TPSA) is 93.6 Å². The Kier molecular flexibility index (Phi) is 5.37. The standard InChI is InChI=1S/C21H22N6O3S/c1-2-3-16-20(31-25-23-16)21(28)27-10-8-26(9-11-27)19-7-5-15(22-24-19)14-4-6-17-18(12-14)30-13-29-17/h4-7,12H,2-3,8-11,13H2,1H3. The Morgan fingerprint density at radius 1 is 1.03 bits per heavy atom. The number of rotatable bonds is 5. The third-order valence-corrected chi connectivity index (χ3v) is 6.20. The summed E-state index contributed by atoms with van der Waals surface area (Å²) >= 11 is 1.19. The van der Waals surface area contributed by atoms with Gasteiger partial charge in [0.05, 0.1) is 11.4 Å². The van der Waals surface area contributed by atoms with Crippen LogP contribution in [0.4, 0.5) is 5.82 Å². The van der Waals surface area contributed by atoms with Gasteiger partial charge >= 0.3 is 0 Å². The zero-order chi connectivity index (χ0) is 21.2. The van der Waals surface area contributed by atoms with Crippen LogP contribution in [0.1, 0.15) is 28.7 Å². The lowest BCUT2D eigenvalue weighted by atomic mass is 10.1. The molecule has 5 rings (SSSR count). The molecule has 9 nitrogen and oxygen atoms in total. The van der Waals surface area contributed by atoms with Crippen molar-refractivity contribution < 1.29 is 14.3 Å². The van der Waals surface area contributed by atoms with E-state index in [4.69, 9.17) is 9.47 Å². The molecule has 2 aliphatic heterocycles. The lowest BCUT2D eigenvalue weighted by molar-refractivity contribution is 0.0750. The SMILES string of the molecule is CCCc1nnsc1C(=O)N1CCN(c2ccc(-c3ccc4c(c3)OCO4)nn2)CC1. The van der Waals surface area contributed by atoms with Gasteiger partial charge in [-0.3, -0.25) is 4.79 Å². The van der Waals surface area contributed by atoms with Gasteiger partial charge in [-0.05, 0) is 48.3 Å². The summed E-state index contributed by atoms with van der Waals surface area (Å²) in [6.07, 6.45) is 1.73. The van der Waals surface area contributed by atoms with E-state index in [-0.39, 0.29) is 12.7 Å². The number of hydrogen-bond acceptors (Lipinski definition) is 9. The van der Waals surface area contributed by atoms with Crippen LogP contribution in [0.15, 0.2) is 30.3 Å². The molecule has 3 aromatic rings. The monoisotopic (exact) mass is 438 g/mol. The van der Waals surface area contributed by atoms with Crippen LogP contribution in [-0.2, 0) is 6.42 Å². The second-order valence-corrected chi connectivity index (χ2v) is 8.18. The molecule has 0 aliphatic carbocycles. The predicted octanol–water partition coefficient (Wildman–Crippen LogP) is 2.64. The average molecular weight is 439 g/mol. The Morgan fingerprint density at radius 3 is 2.65 bits per heavy atom. The molecule has 0 saturated carbocycles. The molecule has 0 bridgehead atoms. The molecule has 1 amide bonds. The van der Waals surface area contributed by atoms with Gasteiger partial charge in [0.1, 0.15) is 4.88 Å². The van der Waals surface area contributed by atoms with Crippen molar-refractivity contribution in [3.05, 3.63) is 40.9 Å². The van der Waals surface area contributed by atoms with E-state index in [1.165, 1.54) is 11.5 Å². The lowest BCUT2D eigenvalue weighted by Crippen LogP contribution is -2.49. The second kappa shape index (κ2) is 8.46. The average Bonchev–Trinajstić information content (AvgIpc) is 3.48. The van der Waals surface area contributed by atoms with Crippen LogP contribution < -0.4 is 14.4 Å². The number of amides is 1. The van der Waals surface area contributed by atoms with Crippen LogP contribution in [0.2, 0.25) is 0 Å². The summed E-state index contributed by atoms with van der Waals surface area (Å²) in [5.41, 5.74) is 2.52. The summed E-state index contributed by atoms with van der Waals surface area (Å²) in [5, 5.41) is 12.9. The van der Waals surface area contributed by atoms with Crippen LogP contribution in [-0.4, -0.2) is 63.6 Å². The highest BCUT2D eigenvalue weighted by molar-refractivity contribution is 7.08. The van der Waals surface area contributed by atoms with Gasteiger partial charge in [0.25, 0.3) is 5.91 Å². The lowest BCUT2D eigenvalue weighted by Gasteiger charge is -2.35. The van der Waals surface area contributed by atoms with Gasteiger partial charge in [-0.25, -0.2) is 0 Å².